The molecule has 1 aliphatic carbocycles. The second kappa shape index (κ2) is 4.15. The zero-order valence-corrected chi connectivity index (χ0v) is 9.95. The summed E-state index contributed by atoms with van der Waals surface area (Å²) in [6, 6.07) is 0. The molecule has 0 spiro atoms. The molecule has 0 bridgehead atoms. The van der Waals surface area contributed by atoms with E-state index in [0.717, 1.165) is 13.1 Å². The van der Waals surface area contributed by atoms with Crippen LogP contribution in [0.2, 0.25) is 0 Å². The Morgan fingerprint density at radius 3 is 2.94 bits per heavy atom. The van der Waals surface area contributed by atoms with Crippen LogP contribution in [0.4, 0.5) is 0 Å². The highest BCUT2D eigenvalue weighted by molar-refractivity contribution is 6.05. The van der Waals surface area contributed by atoms with Gasteiger partial charge >= 0.3 is 0 Å². The van der Waals surface area contributed by atoms with Crippen molar-refractivity contribution in [3.63, 3.8) is 0 Å². The van der Waals surface area contributed by atoms with Gasteiger partial charge in [0.15, 0.2) is 5.78 Å². The van der Waals surface area contributed by atoms with Crippen LogP contribution >= 0.6 is 0 Å². The summed E-state index contributed by atoms with van der Waals surface area (Å²) in [7, 11) is 0. The first-order valence-electron chi connectivity index (χ1n) is 5.77. The third-order valence-corrected chi connectivity index (χ3v) is 3.49. The van der Waals surface area contributed by atoms with Gasteiger partial charge in [-0.3, -0.25) is 4.79 Å². The van der Waals surface area contributed by atoms with E-state index in [2.05, 4.69) is 25.7 Å². The Morgan fingerprint density at radius 2 is 2.31 bits per heavy atom. The van der Waals surface area contributed by atoms with Gasteiger partial charge in [0.05, 0.1) is 12.7 Å². The van der Waals surface area contributed by atoms with Crippen molar-refractivity contribution in [2.24, 2.45) is 11.3 Å². The highest BCUT2D eigenvalue weighted by Gasteiger charge is 2.41. The Hall–Kier alpha value is -0.930. The van der Waals surface area contributed by atoms with Crippen LogP contribution in [-0.4, -0.2) is 31.6 Å². The number of hydrogen-bond acceptors (Lipinski definition) is 3. The minimum Gasteiger partial charge on any atom is -0.375 e. The van der Waals surface area contributed by atoms with Crippen LogP contribution in [0.5, 0.6) is 0 Å². The maximum Gasteiger partial charge on any atom is 0.181 e. The molecular weight excluding hydrogens is 202 g/mol. The molecule has 1 saturated heterocycles. The molecule has 88 valence electrons. The maximum absolute atomic E-state index is 11.7. The van der Waals surface area contributed by atoms with Gasteiger partial charge in [0.25, 0.3) is 0 Å². The fraction of sp³-hybridized carbons (Fsp3) is 0.615. The second-order valence-corrected chi connectivity index (χ2v) is 5.14. The predicted octanol–water partition coefficient (Wildman–Crippen LogP) is 1.31. The molecule has 16 heavy (non-hydrogen) atoms. The summed E-state index contributed by atoms with van der Waals surface area (Å²) in [4.78, 5) is 11.7. The Labute approximate surface area is 96.6 Å². The summed E-state index contributed by atoms with van der Waals surface area (Å²) in [5.74, 6) is 0.122. The third kappa shape index (κ3) is 1.97. The lowest BCUT2D eigenvalue weighted by Gasteiger charge is -2.42. The van der Waals surface area contributed by atoms with Crippen LogP contribution in [0.25, 0.3) is 0 Å². The fourth-order valence-electron chi connectivity index (χ4n) is 2.61. The van der Waals surface area contributed by atoms with Gasteiger partial charge in [-0.15, -0.1) is 0 Å². The van der Waals surface area contributed by atoms with E-state index in [1.807, 2.05) is 6.08 Å². The van der Waals surface area contributed by atoms with Crippen molar-refractivity contribution >= 4 is 5.78 Å². The van der Waals surface area contributed by atoms with E-state index in [1.165, 1.54) is 0 Å². The van der Waals surface area contributed by atoms with Crippen LogP contribution in [0.15, 0.2) is 24.3 Å². The molecule has 0 radical (unpaired) electrons. The Kier molecular flexibility index (Phi) is 3.00. The smallest absolute Gasteiger partial charge is 0.181 e. The standard InChI is InChI=1S/C13H19NO2/c1-9-10(15)4-5-13(2,3)12(9)11-8-14-6-7-16-11/h4-5,11-12,14H,1,6-8H2,2-3H3. The number of hydrogen-bond donors (Lipinski definition) is 1. The summed E-state index contributed by atoms with van der Waals surface area (Å²) < 4.78 is 5.76. The van der Waals surface area contributed by atoms with Gasteiger partial charge < -0.3 is 10.1 Å². The number of morpholine rings is 1. The summed E-state index contributed by atoms with van der Waals surface area (Å²) >= 11 is 0. The Morgan fingerprint density at radius 1 is 1.56 bits per heavy atom. The van der Waals surface area contributed by atoms with E-state index in [-0.39, 0.29) is 23.2 Å². The van der Waals surface area contributed by atoms with Gasteiger partial charge in [0.1, 0.15) is 0 Å². The van der Waals surface area contributed by atoms with Gasteiger partial charge in [-0.1, -0.05) is 26.5 Å². The topological polar surface area (TPSA) is 38.3 Å². The number of ketones is 1. The molecule has 0 aromatic heterocycles. The molecule has 2 unspecified atom stereocenters. The normalized spacial score (nSPS) is 34.1. The van der Waals surface area contributed by atoms with Crippen LogP contribution in [0.1, 0.15) is 13.8 Å². The molecule has 0 aromatic carbocycles. The number of carbonyl (C=O) groups excluding carboxylic acids is 1. The molecule has 1 N–H and O–H groups in total. The highest BCUT2D eigenvalue weighted by atomic mass is 16.5. The van der Waals surface area contributed by atoms with E-state index >= 15 is 0 Å². The minimum atomic E-state index is -0.0608. The molecule has 2 rings (SSSR count). The van der Waals surface area contributed by atoms with E-state index in [1.54, 1.807) is 6.08 Å². The molecule has 2 aliphatic rings. The summed E-state index contributed by atoms with van der Waals surface area (Å²) in [6.45, 7) is 10.6. The average molecular weight is 221 g/mol. The number of carbonyl (C=O) groups is 1. The van der Waals surface area contributed by atoms with Crippen molar-refractivity contribution in [2.45, 2.75) is 20.0 Å². The van der Waals surface area contributed by atoms with Crippen LogP contribution in [-0.2, 0) is 9.53 Å². The Balaban J connectivity index is 2.25. The van der Waals surface area contributed by atoms with Crippen molar-refractivity contribution in [3.05, 3.63) is 24.3 Å². The van der Waals surface area contributed by atoms with Crippen molar-refractivity contribution in [1.29, 1.82) is 0 Å². The van der Waals surface area contributed by atoms with E-state index in [9.17, 15) is 4.79 Å². The lowest BCUT2D eigenvalue weighted by Crippen LogP contribution is -2.49. The molecule has 3 heteroatoms. The van der Waals surface area contributed by atoms with E-state index in [0.29, 0.717) is 12.2 Å². The van der Waals surface area contributed by atoms with Gasteiger partial charge in [0.2, 0.25) is 0 Å². The van der Waals surface area contributed by atoms with Crippen molar-refractivity contribution in [2.75, 3.05) is 19.7 Å². The number of allylic oxidation sites excluding steroid dienone is 2. The summed E-state index contributed by atoms with van der Waals surface area (Å²) in [5.41, 5.74) is 0.621. The third-order valence-electron chi connectivity index (χ3n) is 3.49. The number of rotatable bonds is 1. The molecule has 3 nitrogen and oxygen atoms in total. The van der Waals surface area contributed by atoms with Gasteiger partial charge in [-0.25, -0.2) is 0 Å². The van der Waals surface area contributed by atoms with Gasteiger partial charge in [0, 0.05) is 19.0 Å². The molecule has 1 fully saturated rings. The van der Waals surface area contributed by atoms with E-state index in [4.69, 9.17) is 4.74 Å². The minimum absolute atomic E-state index is 0.0403. The molecule has 2 atom stereocenters. The lowest BCUT2D eigenvalue weighted by atomic mass is 9.67. The average Bonchev–Trinajstić information content (AvgIpc) is 2.26. The first-order valence-corrected chi connectivity index (χ1v) is 5.77. The Bertz CT molecular complexity index is 338. The first-order chi connectivity index (χ1) is 7.52. The van der Waals surface area contributed by atoms with Gasteiger partial charge in [-0.05, 0) is 17.1 Å². The fourth-order valence-corrected chi connectivity index (χ4v) is 2.61. The van der Waals surface area contributed by atoms with Crippen LogP contribution in [0.3, 0.4) is 0 Å². The second-order valence-electron chi connectivity index (χ2n) is 5.14. The molecule has 0 amide bonds. The summed E-state index contributed by atoms with van der Waals surface area (Å²) in [5, 5.41) is 3.30. The summed E-state index contributed by atoms with van der Waals surface area (Å²) in [6.07, 6.45) is 3.67. The largest absolute Gasteiger partial charge is 0.375 e. The molecule has 0 aromatic rings. The van der Waals surface area contributed by atoms with Crippen molar-refractivity contribution in [1.82, 2.24) is 5.32 Å². The predicted molar refractivity (Wildman–Crippen MR) is 63.2 cm³/mol. The molecule has 1 heterocycles. The van der Waals surface area contributed by atoms with E-state index < -0.39 is 0 Å². The lowest BCUT2D eigenvalue weighted by molar-refractivity contribution is -0.114. The number of nitrogens with one attached hydrogen (secondary N) is 1. The zero-order chi connectivity index (χ0) is 11.8. The maximum atomic E-state index is 11.7. The molecule has 0 saturated carbocycles. The SMILES string of the molecule is C=C1C(=O)C=CC(C)(C)C1C1CNCCO1. The molecule has 1 aliphatic heterocycles. The van der Waals surface area contributed by atoms with Crippen LogP contribution in [0, 0.1) is 11.3 Å². The number of ether oxygens (including phenoxy) is 1. The zero-order valence-electron chi connectivity index (χ0n) is 9.95. The molecular formula is C13H19NO2. The van der Waals surface area contributed by atoms with Crippen molar-refractivity contribution in [3.8, 4) is 0 Å². The first kappa shape index (κ1) is 11.6. The van der Waals surface area contributed by atoms with Gasteiger partial charge in [-0.2, -0.15) is 0 Å². The van der Waals surface area contributed by atoms with Crippen molar-refractivity contribution < 1.29 is 9.53 Å². The van der Waals surface area contributed by atoms with Crippen LogP contribution < -0.4 is 5.32 Å². The monoisotopic (exact) mass is 221 g/mol. The quantitative estimate of drug-likeness (QED) is 0.679. The highest BCUT2D eigenvalue weighted by Crippen LogP contribution is 2.40.